The summed E-state index contributed by atoms with van der Waals surface area (Å²) < 4.78 is 0. The predicted octanol–water partition coefficient (Wildman–Crippen LogP) is -0.999. The van der Waals surface area contributed by atoms with E-state index in [2.05, 4.69) is 4.84 Å². The number of hydrazine groups is 1. The van der Waals surface area contributed by atoms with Crippen molar-refractivity contribution in [2.45, 2.75) is 25.9 Å². The summed E-state index contributed by atoms with van der Waals surface area (Å²) in [4.78, 5) is 17.1. The van der Waals surface area contributed by atoms with Crippen molar-refractivity contribution in [3.8, 4) is 0 Å². The van der Waals surface area contributed by atoms with E-state index in [-0.39, 0.29) is 12.5 Å². The summed E-state index contributed by atoms with van der Waals surface area (Å²) >= 11 is 0. The zero-order chi connectivity index (χ0) is 11.0. The van der Waals surface area contributed by atoms with Crippen molar-refractivity contribution in [1.82, 2.24) is 10.5 Å². The maximum atomic E-state index is 10.8. The number of nitrogens with one attached hydrogen (secondary N) is 1. The monoisotopic (exact) mass is 205 g/mol. The summed E-state index contributed by atoms with van der Waals surface area (Å²) in [5.74, 6) is 4.40. The first kappa shape index (κ1) is 13.3. The fourth-order valence-corrected chi connectivity index (χ4v) is 0.918. The topological polar surface area (TPSA) is 87.8 Å². The lowest BCUT2D eigenvalue weighted by molar-refractivity contribution is -0.151. The van der Waals surface area contributed by atoms with Crippen LogP contribution < -0.4 is 11.4 Å². The molecule has 0 aromatic rings. The van der Waals surface area contributed by atoms with Crippen LogP contribution in [0.25, 0.3) is 0 Å². The second kappa shape index (κ2) is 7.69. The van der Waals surface area contributed by atoms with Gasteiger partial charge in [-0.05, 0) is 20.4 Å². The first-order chi connectivity index (χ1) is 6.56. The second-order valence-electron chi connectivity index (χ2n) is 3.28. The molecule has 6 heteroatoms. The molecule has 0 radical (unpaired) electrons. The molecular weight excluding hydrogens is 186 g/mol. The van der Waals surface area contributed by atoms with Crippen molar-refractivity contribution in [3.05, 3.63) is 0 Å². The summed E-state index contributed by atoms with van der Waals surface area (Å²) in [6.07, 6.45) is 0.663. The van der Waals surface area contributed by atoms with E-state index in [1.807, 2.05) is 17.5 Å². The van der Waals surface area contributed by atoms with Gasteiger partial charge < -0.3 is 14.8 Å². The Labute approximate surface area is 83.9 Å². The Kier molecular flexibility index (Phi) is 7.31. The molecule has 0 saturated heterocycles. The lowest BCUT2D eigenvalue weighted by Crippen LogP contribution is -2.30. The molecule has 0 fully saturated rings. The third-order valence-electron chi connectivity index (χ3n) is 1.80. The first-order valence-electron chi connectivity index (χ1n) is 4.58. The molecule has 1 atom stereocenters. The van der Waals surface area contributed by atoms with Gasteiger partial charge in [0.1, 0.15) is 0 Å². The van der Waals surface area contributed by atoms with Gasteiger partial charge in [0.25, 0.3) is 0 Å². The van der Waals surface area contributed by atoms with E-state index in [4.69, 9.17) is 10.9 Å². The van der Waals surface area contributed by atoms with Crippen LogP contribution >= 0.6 is 0 Å². The molecule has 0 spiro atoms. The Hall–Kier alpha value is -0.690. The zero-order valence-corrected chi connectivity index (χ0v) is 8.69. The zero-order valence-electron chi connectivity index (χ0n) is 8.69. The Morgan fingerprint density at radius 3 is 2.79 bits per heavy atom. The molecule has 0 aliphatic heterocycles. The highest BCUT2D eigenvalue weighted by molar-refractivity contribution is 5.69. The molecule has 0 rings (SSSR count). The van der Waals surface area contributed by atoms with Crippen LogP contribution in [0.15, 0.2) is 0 Å². The quantitative estimate of drug-likeness (QED) is 0.365. The number of rotatable bonds is 7. The number of carbonyl (C=O) groups excluding carboxylic acids is 1. The molecule has 0 saturated carbocycles. The average molecular weight is 205 g/mol. The van der Waals surface area contributed by atoms with Gasteiger partial charge in [0.15, 0.2) is 0 Å². The number of aliphatic hydroxyl groups excluding tert-OH is 1. The van der Waals surface area contributed by atoms with Gasteiger partial charge >= 0.3 is 5.97 Å². The molecule has 0 aromatic heterocycles. The van der Waals surface area contributed by atoms with Crippen molar-refractivity contribution in [2.75, 3.05) is 20.1 Å². The molecule has 6 nitrogen and oxygen atoms in total. The minimum Gasteiger partial charge on any atom is -0.393 e. The minimum absolute atomic E-state index is 0.278. The lowest BCUT2D eigenvalue weighted by atomic mass is 10.2. The van der Waals surface area contributed by atoms with Gasteiger partial charge in [-0.3, -0.25) is 4.79 Å². The van der Waals surface area contributed by atoms with E-state index in [9.17, 15) is 4.79 Å². The van der Waals surface area contributed by atoms with Crippen molar-refractivity contribution in [2.24, 2.45) is 5.84 Å². The number of aliphatic hydroxyl groups is 1. The van der Waals surface area contributed by atoms with Crippen molar-refractivity contribution < 1.29 is 14.7 Å². The number of hydrogen-bond acceptors (Lipinski definition) is 6. The largest absolute Gasteiger partial charge is 0.393 e. The van der Waals surface area contributed by atoms with Crippen LogP contribution in [-0.2, 0) is 9.63 Å². The maximum absolute atomic E-state index is 10.8. The molecule has 14 heavy (non-hydrogen) atoms. The van der Waals surface area contributed by atoms with Crippen LogP contribution in [-0.4, -0.2) is 42.2 Å². The Morgan fingerprint density at radius 1 is 1.64 bits per heavy atom. The number of carbonyl (C=O) groups is 1. The number of nitrogens with zero attached hydrogens (tertiary/aromatic N) is 1. The SMILES string of the molecule is CC(O)CCN(C)CCC(=O)ONN. The second-order valence-corrected chi connectivity index (χ2v) is 3.28. The molecular formula is C8H19N3O3. The van der Waals surface area contributed by atoms with Gasteiger partial charge in [-0.15, -0.1) is 0 Å². The highest BCUT2D eigenvalue weighted by Crippen LogP contribution is 1.95. The van der Waals surface area contributed by atoms with E-state index in [0.29, 0.717) is 13.0 Å². The normalized spacial score (nSPS) is 12.9. The molecule has 0 aliphatic rings. The molecule has 84 valence electrons. The van der Waals surface area contributed by atoms with E-state index < -0.39 is 5.97 Å². The molecule has 0 bridgehead atoms. The van der Waals surface area contributed by atoms with Crippen molar-refractivity contribution in [1.29, 1.82) is 0 Å². The smallest absolute Gasteiger partial charge is 0.327 e. The Balaban J connectivity index is 3.43. The molecule has 0 aliphatic carbocycles. The van der Waals surface area contributed by atoms with E-state index in [1.54, 1.807) is 6.92 Å². The third-order valence-corrected chi connectivity index (χ3v) is 1.80. The highest BCUT2D eigenvalue weighted by Gasteiger charge is 2.06. The first-order valence-corrected chi connectivity index (χ1v) is 4.58. The van der Waals surface area contributed by atoms with Crippen LogP contribution in [0, 0.1) is 0 Å². The van der Waals surface area contributed by atoms with Gasteiger partial charge in [-0.2, -0.15) is 0 Å². The van der Waals surface area contributed by atoms with E-state index >= 15 is 0 Å². The number of hydrogen-bond donors (Lipinski definition) is 3. The molecule has 0 aromatic carbocycles. The van der Waals surface area contributed by atoms with Gasteiger partial charge in [0.2, 0.25) is 0 Å². The molecule has 0 amide bonds. The summed E-state index contributed by atoms with van der Waals surface area (Å²) in [7, 11) is 1.88. The van der Waals surface area contributed by atoms with Crippen LogP contribution in [0.3, 0.4) is 0 Å². The fourth-order valence-electron chi connectivity index (χ4n) is 0.918. The molecule has 0 heterocycles. The third kappa shape index (κ3) is 7.93. The van der Waals surface area contributed by atoms with Crippen molar-refractivity contribution >= 4 is 5.97 Å². The highest BCUT2D eigenvalue weighted by atomic mass is 16.7. The van der Waals surface area contributed by atoms with Crippen LogP contribution in [0.2, 0.25) is 0 Å². The Morgan fingerprint density at radius 2 is 2.29 bits per heavy atom. The van der Waals surface area contributed by atoms with Crippen LogP contribution in [0.4, 0.5) is 0 Å². The van der Waals surface area contributed by atoms with Gasteiger partial charge in [-0.1, -0.05) is 5.59 Å². The number of nitrogens with two attached hydrogens (primary N) is 1. The van der Waals surface area contributed by atoms with E-state index in [0.717, 1.165) is 6.54 Å². The van der Waals surface area contributed by atoms with Gasteiger partial charge in [0, 0.05) is 13.1 Å². The standard InChI is InChI=1S/C8H19N3O3/c1-7(12)3-5-11(2)6-4-8(13)14-10-9/h7,10,12H,3-6,9H2,1-2H3. The summed E-state index contributed by atoms with van der Waals surface area (Å²) in [6, 6.07) is 0. The lowest BCUT2D eigenvalue weighted by Gasteiger charge is -2.16. The van der Waals surface area contributed by atoms with Gasteiger partial charge in [-0.25, -0.2) is 5.84 Å². The fraction of sp³-hybridized carbons (Fsp3) is 0.875. The average Bonchev–Trinajstić information content (AvgIpc) is 2.12. The van der Waals surface area contributed by atoms with Gasteiger partial charge in [0.05, 0.1) is 12.5 Å². The summed E-state index contributed by atoms with van der Waals surface area (Å²) in [5, 5.41) is 9.02. The van der Waals surface area contributed by atoms with Crippen LogP contribution in [0.5, 0.6) is 0 Å². The van der Waals surface area contributed by atoms with Crippen LogP contribution in [0.1, 0.15) is 19.8 Å². The Bertz CT molecular complexity index is 164. The minimum atomic E-state index is -0.392. The van der Waals surface area contributed by atoms with Crippen molar-refractivity contribution in [3.63, 3.8) is 0 Å². The predicted molar refractivity (Wildman–Crippen MR) is 51.8 cm³/mol. The molecule has 1 unspecified atom stereocenters. The molecule has 4 N–H and O–H groups in total. The maximum Gasteiger partial charge on any atom is 0.327 e. The summed E-state index contributed by atoms with van der Waals surface area (Å²) in [6.45, 7) is 3.08. The van der Waals surface area contributed by atoms with E-state index in [1.165, 1.54) is 0 Å². The summed E-state index contributed by atoms with van der Waals surface area (Å²) in [5.41, 5.74) is 1.83.